The van der Waals surface area contributed by atoms with Crippen molar-refractivity contribution >= 4 is 0 Å². The second-order valence-corrected chi connectivity index (χ2v) is 3.75. The van der Waals surface area contributed by atoms with Crippen molar-refractivity contribution in [3.05, 3.63) is 17.5 Å². The molecule has 1 atom stereocenters. The van der Waals surface area contributed by atoms with E-state index in [1.807, 2.05) is 13.0 Å². The van der Waals surface area contributed by atoms with Crippen LogP contribution in [-0.2, 0) is 6.54 Å². The SMILES string of the molecule is Cc1cc(CN2CCNCC2C#N)on1. The molecule has 0 spiro atoms. The summed E-state index contributed by atoms with van der Waals surface area (Å²) in [4.78, 5) is 2.11. The smallest absolute Gasteiger partial charge is 0.151 e. The van der Waals surface area contributed by atoms with Crippen LogP contribution >= 0.6 is 0 Å². The van der Waals surface area contributed by atoms with Crippen LogP contribution in [0.3, 0.4) is 0 Å². The van der Waals surface area contributed by atoms with Gasteiger partial charge in [-0.3, -0.25) is 4.90 Å². The minimum absolute atomic E-state index is 0.0656. The zero-order chi connectivity index (χ0) is 10.7. The standard InChI is InChI=1S/C10H14N4O/c1-8-4-10(15-13-8)7-14-3-2-12-6-9(14)5-11/h4,9,12H,2-3,6-7H2,1H3. The summed E-state index contributed by atoms with van der Waals surface area (Å²) >= 11 is 0. The maximum atomic E-state index is 8.97. The lowest BCUT2D eigenvalue weighted by molar-refractivity contribution is 0.170. The normalized spacial score (nSPS) is 22.5. The van der Waals surface area contributed by atoms with Gasteiger partial charge in [0, 0.05) is 25.7 Å². The molecule has 1 aliphatic heterocycles. The Bertz CT molecular complexity index is 368. The number of rotatable bonds is 2. The zero-order valence-electron chi connectivity index (χ0n) is 8.73. The van der Waals surface area contributed by atoms with Crippen LogP contribution in [0.5, 0.6) is 0 Å². The molecular formula is C10H14N4O. The Morgan fingerprint density at radius 3 is 3.33 bits per heavy atom. The number of piperazine rings is 1. The van der Waals surface area contributed by atoms with Gasteiger partial charge in [0.25, 0.3) is 0 Å². The molecule has 0 amide bonds. The van der Waals surface area contributed by atoms with Gasteiger partial charge >= 0.3 is 0 Å². The molecule has 2 rings (SSSR count). The molecule has 0 radical (unpaired) electrons. The zero-order valence-corrected chi connectivity index (χ0v) is 8.73. The summed E-state index contributed by atoms with van der Waals surface area (Å²) in [6.45, 7) is 5.08. The summed E-state index contributed by atoms with van der Waals surface area (Å²) in [5, 5.41) is 16.0. The maximum absolute atomic E-state index is 8.97. The van der Waals surface area contributed by atoms with Crippen molar-refractivity contribution in [2.75, 3.05) is 19.6 Å². The Balaban J connectivity index is 2.01. The van der Waals surface area contributed by atoms with Crippen LogP contribution < -0.4 is 5.32 Å². The van der Waals surface area contributed by atoms with Crippen LogP contribution in [0.1, 0.15) is 11.5 Å². The van der Waals surface area contributed by atoms with Gasteiger partial charge in [-0.2, -0.15) is 5.26 Å². The van der Waals surface area contributed by atoms with E-state index in [0.29, 0.717) is 6.54 Å². The lowest BCUT2D eigenvalue weighted by Crippen LogP contribution is -2.49. The van der Waals surface area contributed by atoms with Crippen molar-refractivity contribution in [1.82, 2.24) is 15.4 Å². The fourth-order valence-electron chi connectivity index (χ4n) is 1.75. The van der Waals surface area contributed by atoms with Gasteiger partial charge in [0.2, 0.25) is 0 Å². The van der Waals surface area contributed by atoms with E-state index in [9.17, 15) is 0 Å². The monoisotopic (exact) mass is 206 g/mol. The van der Waals surface area contributed by atoms with Gasteiger partial charge in [-0.15, -0.1) is 0 Å². The molecule has 1 fully saturated rings. The summed E-state index contributed by atoms with van der Waals surface area (Å²) in [6.07, 6.45) is 0. The average Bonchev–Trinajstić information content (AvgIpc) is 2.65. The van der Waals surface area contributed by atoms with Crippen LogP contribution in [0.25, 0.3) is 0 Å². The van der Waals surface area contributed by atoms with Gasteiger partial charge in [-0.25, -0.2) is 0 Å². The van der Waals surface area contributed by atoms with Gasteiger partial charge in [0.05, 0.1) is 18.3 Å². The van der Waals surface area contributed by atoms with E-state index in [1.165, 1.54) is 0 Å². The van der Waals surface area contributed by atoms with Gasteiger partial charge in [-0.1, -0.05) is 5.16 Å². The van der Waals surface area contributed by atoms with E-state index in [1.54, 1.807) is 0 Å². The molecule has 1 saturated heterocycles. The Morgan fingerprint density at radius 2 is 2.67 bits per heavy atom. The predicted octanol–water partition coefficient (Wildman–Crippen LogP) is 0.280. The third-order valence-electron chi connectivity index (χ3n) is 2.54. The van der Waals surface area contributed by atoms with Crippen molar-refractivity contribution in [3.8, 4) is 6.07 Å². The predicted molar refractivity (Wildman–Crippen MR) is 53.9 cm³/mol. The second kappa shape index (κ2) is 4.43. The third-order valence-corrected chi connectivity index (χ3v) is 2.54. The minimum Gasteiger partial charge on any atom is -0.360 e. The average molecular weight is 206 g/mol. The van der Waals surface area contributed by atoms with E-state index >= 15 is 0 Å². The Morgan fingerprint density at radius 1 is 1.80 bits per heavy atom. The highest BCUT2D eigenvalue weighted by atomic mass is 16.5. The molecule has 80 valence electrons. The minimum atomic E-state index is -0.0656. The largest absolute Gasteiger partial charge is 0.360 e. The van der Waals surface area contributed by atoms with Crippen molar-refractivity contribution in [2.24, 2.45) is 0 Å². The molecule has 2 heterocycles. The topological polar surface area (TPSA) is 65.1 Å². The number of hydrogen-bond acceptors (Lipinski definition) is 5. The Kier molecular flexibility index (Phi) is 2.99. The molecule has 1 N–H and O–H groups in total. The van der Waals surface area contributed by atoms with Crippen molar-refractivity contribution < 1.29 is 4.52 Å². The first-order chi connectivity index (χ1) is 7.29. The Labute approximate surface area is 88.6 Å². The lowest BCUT2D eigenvalue weighted by Gasteiger charge is -2.30. The summed E-state index contributed by atoms with van der Waals surface area (Å²) < 4.78 is 5.14. The molecule has 1 aromatic heterocycles. The van der Waals surface area contributed by atoms with E-state index in [4.69, 9.17) is 9.78 Å². The van der Waals surface area contributed by atoms with Crippen LogP contribution in [0.4, 0.5) is 0 Å². The summed E-state index contributed by atoms with van der Waals surface area (Å²) in [5.74, 6) is 0.828. The van der Waals surface area contributed by atoms with E-state index in [2.05, 4.69) is 21.4 Å². The molecule has 5 nitrogen and oxygen atoms in total. The molecule has 1 unspecified atom stereocenters. The molecule has 5 heteroatoms. The van der Waals surface area contributed by atoms with E-state index in [0.717, 1.165) is 31.1 Å². The van der Waals surface area contributed by atoms with Crippen LogP contribution in [-0.4, -0.2) is 35.7 Å². The number of nitriles is 1. The fourth-order valence-corrected chi connectivity index (χ4v) is 1.75. The third kappa shape index (κ3) is 2.35. The highest BCUT2D eigenvalue weighted by Gasteiger charge is 2.22. The van der Waals surface area contributed by atoms with Crippen molar-refractivity contribution in [2.45, 2.75) is 19.5 Å². The number of nitrogens with one attached hydrogen (secondary N) is 1. The first kappa shape index (κ1) is 10.1. The number of hydrogen-bond donors (Lipinski definition) is 1. The number of aryl methyl sites for hydroxylation is 1. The van der Waals surface area contributed by atoms with Crippen molar-refractivity contribution in [3.63, 3.8) is 0 Å². The molecule has 1 aromatic rings. The molecular weight excluding hydrogens is 192 g/mol. The fraction of sp³-hybridized carbons (Fsp3) is 0.600. The highest BCUT2D eigenvalue weighted by Crippen LogP contribution is 2.10. The number of aromatic nitrogens is 1. The molecule has 15 heavy (non-hydrogen) atoms. The van der Waals surface area contributed by atoms with Crippen LogP contribution in [0.15, 0.2) is 10.6 Å². The first-order valence-corrected chi connectivity index (χ1v) is 5.06. The van der Waals surface area contributed by atoms with Gasteiger partial charge in [-0.05, 0) is 6.92 Å². The van der Waals surface area contributed by atoms with Crippen LogP contribution in [0, 0.1) is 18.3 Å². The quantitative estimate of drug-likeness (QED) is 0.753. The summed E-state index contributed by atoms with van der Waals surface area (Å²) in [7, 11) is 0. The van der Waals surface area contributed by atoms with Gasteiger partial charge in [0.15, 0.2) is 5.76 Å². The van der Waals surface area contributed by atoms with Gasteiger partial charge in [0.1, 0.15) is 6.04 Å². The molecule has 0 aromatic carbocycles. The van der Waals surface area contributed by atoms with Crippen LogP contribution in [0.2, 0.25) is 0 Å². The highest BCUT2D eigenvalue weighted by molar-refractivity contribution is 5.05. The lowest BCUT2D eigenvalue weighted by atomic mass is 10.2. The molecule has 0 aliphatic carbocycles. The number of nitrogens with zero attached hydrogens (tertiary/aromatic N) is 3. The second-order valence-electron chi connectivity index (χ2n) is 3.75. The van der Waals surface area contributed by atoms with Gasteiger partial charge < -0.3 is 9.84 Å². The van der Waals surface area contributed by atoms with Crippen molar-refractivity contribution in [1.29, 1.82) is 5.26 Å². The first-order valence-electron chi connectivity index (χ1n) is 5.06. The summed E-state index contributed by atoms with van der Waals surface area (Å²) in [5.41, 5.74) is 0.883. The molecule has 1 aliphatic rings. The van der Waals surface area contributed by atoms with E-state index in [-0.39, 0.29) is 6.04 Å². The molecule has 0 bridgehead atoms. The summed E-state index contributed by atoms with van der Waals surface area (Å²) in [6, 6.07) is 4.13. The maximum Gasteiger partial charge on any atom is 0.151 e. The molecule has 0 saturated carbocycles. The Hall–Kier alpha value is -1.38. The van der Waals surface area contributed by atoms with E-state index < -0.39 is 0 Å².